The second-order valence-electron chi connectivity index (χ2n) is 3.38. The topological polar surface area (TPSA) is 26.3 Å². The molecule has 0 saturated heterocycles. The average molecular weight is 238 g/mol. The minimum Gasteiger partial charge on any atom is -0.457 e. The van der Waals surface area contributed by atoms with Crippen LogP contribution in [0.2, 0.25) is 5.02 Å². The normalized spacial score (nSPS) is 10.6. The standard InChI is InChI=1S/C13H14ClO2/c14-13-8-6-12(7-9-13)5-3-1-2-4-10-16-11-15/h1,3,6-9H,2,4-5,10H2/b3-1+. The Morgan fingerprint density at radius 1 is 1.25 bits per heavy atom. The maximum Gasteiger partial charge on any atom is 0.417 e. The highest BCUT2D eigenvalue weighted by Gasteiger charge is 1.90. The van der Waals surface area contributed by atoms with Crippen LogP contribution in [0.25, 0.3) is 0 Å². The van der Waals surface area contributed by atoms with E-state index in [0.29, 0.717) is 6.61 Å². The number of benzene rings is 1. The quantitative estimate of drug-likeness (QED) is 0.537. The van der Waals surface area contributed by atoms with E-state index in [4.69, 9.17) is 11.6 Å². The maximum absolute atomic E-state index is 9.73. The van der Waals surface area contributed by atoms with Crippen LogP contribution in [0.4, 0.5) is 0 Å². The first kappa shape index (κ1) is 12.8. The molecule has 0 aliphatic heterocycles. The van der Waals surface area contributed by atoms with Crippen molar-refractivity contribution in [2.45, 2.75) is 19.3 Å². The van der Waals surface area contributed by atoms with Gasteiger partial charge in [-0.25, -0.2) is 4.79 Å². The summed E-state index contributed by atoms with van der Waals surface area (Å²) in [4.78, 5) is 9.73. The number of halogens is 1. The summed E-state index contributed by atoms with van der Waals surface area (Å²) in [6.45, 7) is 1.84. The molecule has 0 fully saturated rings. The Morgan fingerprint density at radius 2 is 2.00 bits per heavy atom. The van der Waals surface area contributed by atoms with Gasteiger partial charge in [-0.1, -0.05) is 35.9 Å². The zero-order valence-corrected chi connectivity index (χ0v) is 9.74. The number of hydrogen-bond acceptors (Lipinski definition) is 2. The van der Waals surface area contributed by atoms with Crippen LogP contribution in [0, 0.1) is 0 Å². The Hall–Kier alpha value is -1.28. The summed E-state index contributed by atoms with van der Waals surface area (Å²) in [5.74, 6) is 0. The van der Waals surface area contributed by atoms with Gasteiger partial charge in [-0.15, -0.1) is 0 Å². The summed E-state index contributed by atoms with van der Waals surface area (Å²) in [6, 6.07) is 7.80. The van der Waals surface area contributed by atoms with E-state index in [9.17, 15) is 4.79 Å². The number of ether oxygens (including phenoxy) is 1. The minimum atomic E-state index is 0.439. The van der Waals surface area contributed by atoms with E-state index in [0.717, 1.165) is 24.3 Å². The molecular formula is C13H14ClO2. The van der Waals surface area contributed by atoms with Crippen molar-refractivity contribution < 1.29 is 9.53 Å². The zero-order valence-electron chi connectivity index (χ0n) is 8.99. The molecule has 16 heavy (non-hydrogen) atoms. The molecule has 0 aromatic heterocycles. The Labute approximate surface area is 101 Å². The first-order valence-corrected chi connectivity index (χ1v) is 5.59. The van der Waals surface area contributed by atoms with E-state index in [2.05, 4.69) is 16.9 Å². The van der Waals surface area contributed by atoms with Gasteiger partial charge in [0.2, 0.25) is 0 Å². The van der Waals surface area contributed by atoms with E-state index in [1.807, 2.05) is 24.3 Å². The number of allylic oxidation sites excluding steroid dienone is 2. The van der Waals surface area contributed by atoms with E-state index < -0.39 is 0 Å². The highest BCUT2D eigenvalue weighted by atomic mass is 35.5. The van der Waals surface area contributed by atoms with Gasteiger partial charge >= 0.3 is 6.47 Å². The second-order valence-corrected chi connectivity index (χ2v) is 3.81. The minimum absolute atomic E-state index is 0.439. The highest BCUT2D eigenvalue weighted by Crippen LogP contribution is 2.10. The van der Waals surface area contributed by atoms with Crippen LogP contribution in [-0.4, -0.2) is 13.1 Å². The molecule has 1 aromatic rings. The van der Waals surface area contributed by atoms with E-state index in [1.54, 1.807) is 0 Å². The molecule has 0 heterocycles. The fourth-order valence-corrected chi connectivity index (χ4v) is 1.40. The summed E-state index contributed by atoms with van der Waals surface area (Å²) >= 11 is 5.78. The summed E-state index contributed by atoms with van der Waals surface area (Å²) in [6.07, 6.45) is 6.84. The average Bonchev–Trinajstić information content (AvgIpc) is 2.30. The Morgan fingerprint density at radius 3 is 2.69 bits per heavy atom. The van der Waals surface area contributed by atoms with Crippen molar-refractivity contribution in [1.29, 1.82) is 0 Å². The van der Waals surface area contributed by atoms with Crippen LogP contribution >= 0.6 is 11.6 Å². The van der Waals surface area contributed by atoms with Gasteiger partial charge in [0.15, 0.2) is 0 Å². The van der Waals surface area contributed by atoms with Crippen molar-refractivity contribution in [3.63, 3.8) is 0 Å². The molecular weight excluding hydrogens is 224 g/mol. The second kappa shape index (κ2) is 7.94. The smallest absolute Gasteiger partial charge is 0.417 e. The monoisotopic (exact) mass is 237 g/mol. The highest BCUT2D eigenvalue weighted by molar-refractivity contribution is 6.30. The van der Waals surface area contributed by atoms with Crippen LogP contribution < -0.4 is 0 Å². The third kappa shape index (κ3) is 5.56. The lowest BCUT2D eigenvalue weighted by Gasteiger charge is -1.96. The number of hydrogen-bond donors (Lipinski definition) is 0. The summed E-state index contributed by atoms with van der Waals surface area (Å²) in [5.41, 5.74) is 1.23. The van der Waals surface area contributed by atoms with Gasteiger partial charge in [-0.3, -0.25) is 0 Å². The molecule has 1 radical (unpaired) electrons. The van der Waals surface area contributed by atoms with Gasteiger partial charge in [-0.05, 0) is 37.0 Å². The summed E-state index contributed by atoms with van der Waals surface area (Å²) < 4.78 is 4.46. The molecule has 85 valence electrons. The number of rotatable bonds is 7. The largest absolute Gasteiger partial charge is 0.457 e. The predicted octanol–water partition coefficient (Wildman–Crippen LogP) is 3.30. The van der Waals surface area contributed by atoms with Crippen molar-refractivity contribution in [2.75, 3.05) is 6.61 Å². The molecule has 1 rings (SSSR count). The first-order valence-electron chi connectivity index (χ1n) is 5.21. The Bertz CT molecular complexity index is 330. The lowest BCUT2D eigenvalue weighted by Crippen LogP contribution is -1.89. The molecule has 2 nitrogen and oxygen atoms in total. The van der Waals surface area contributed by atoms with Gasteiger partial charge in [0, 0.05) is 5.02 Å². The van der Waals surface area contributed by atoms with E-state index in [1.165, 1.54) is 12.0 Å². The molecule has 0 N–H and O–H groups in total. The molecule has 0 amide bonds. The van der Waals surface area contributed by atoms with Crippen molar-refractivity contribution in [1.82, 2.24) is 0 Å². The Kier molecular flexibility index (Phi) is 6.35. The Balaban J connectivity index is 2.16. The van der Waals surface area contributed by atoms with Gasteiger partial charge in [0.1, 0.15) is 0 Å². The predicted molar refractivity (Wildman–Crippen MR) is 65.2 cm³/mol. The molecule has 3 heteroatoms. The molecule has 0 bridgehead atoms. The fourth-order valence-electron chi connectivity index (χ4n) is 1.27. The summed E-state index contributed by atoms with van der Waals surface area (Å²) in [5, 5.41) is 0.759. The fraction of sp³-hybridized carbons (Fsp3) is 0.308. The van der Waals surface area contributed by atoms with Crippen LogP contribution in [0.5, 0.6) is 0 Å². The summed E-state index contributed by atoms with van der Waals surface area (Å²) in [7, 11) is 0. The van der Waals surface area contributed by atoms with Crippen molar-refractivity contribution in [3.05, 3.63) is 47.0 Å². The van der Waals surface area contributed by atoms with Crippen LogP contribution in [-0.2, 0) is 16.0 Å². The van der Waals surface area contributed by atoms with E-state index in [-0.39, 0.29) is 0 Å². The molecule has 0 aliphatic carbocycles. The van der Waals surface area contributed by atoms with Crippen LogP contribution in [0.15, 0.2) is 36.4 Å². The van der Waals surface area contributed by atoms with Crippen LogP contribution in [0.3, 0.4) is 0 Å². The van der Waals surface area contributed by atoms with Crippen LogP contribution in [0.1, 0.15) is 18.4 Å². The van der Waals surface area contributed by atoms with Gasteiger partial charge < -0.3 is 4.74 Å². The maximum atomic E-state index is 9.73. The molecule has 0 atom stereocenters. The lowest BCUT2D eigenvalue weighted by molar-refractivity contribution is 0.274. The number of unbranched alkanes of at least 4 members (excludes halogenated alkanes) is 1. The lowest BCUT2D eigenvalue weighted by atomic mass is 10.1. The third-order valence-corrected chi connectivity index (χ3v) is 2.36. The van der Waals surface area contributed by atoms with E-state index >= 15 is 0 Å². The molecule has 0 saturated carbocycles. The van der Waals surface area contributed by atoms with Gasteiger partial charge in [0.25, 0.3) is 0 Å². The molecule has 0 spiro atoms. The van der Waals surface area contributed by atoms with Crippen molar-refractivity contribution in [2.24, 2.45) is 0 Å². The first-order chi connectivity index (χ1) is 7.83. The SMILES string of the molecule is O=[C]OCCC/C=C/Cc1ccc(Cl)cc1. The van der Waals surface area contributed by atoms with Gasteiger partial charge in [0.05, 0.1) is 6.61 Å². The molecule has 0 aliphatic rings. The number of carbonyl (C=O) groups excluding carboxylic acids is 1. The molecule has 0 unspecified atom stereocenters. The van der Waals surface area contributed by atoms with Crippen molar-refractivity contribution in [3.8, 4) is 0 Å². The third-order valence-electron chi connectivity index (χ3n) is 2.11. The van der Waals surface area contributed by atoms with Gasteiger partial charge in [-0.2, -0.15) is 0 Å². The van der Waals surface area contributed by atoms with Crippen molar-refractivity contribution >= 4 is 18.1 Å². The molecule has 1 aromatic carbocycles. The zero-order chi connectivity index (χ0) is 11.6.